The molecular weight excluding hydrogens is 268 g/mol. The number of hydrogen-bond acceptors (Lipinski definition) is 4. The quantitative estimate of drug-likeness (QED) is 0.567. The molecule has 1 rings (SSSR count). The van der Waals surface area contributed by atoms with Crippen molar-refractivity contribution in [3.05, 3.63) is 28.3 Å². The molecule has 0 fully saturated rings. The number of non-ortho nitro benzene ring substituents is 1. The van der Waals surface area contributed by atoms with E-state index in [-0.39, 0.29) is 5.69 Å². The molecule has 0 aliphatic carbocycles. The number of nitrogens with one attached hydrogen (secondary N) is 1. The molecule has 1 N–H and O–H groups in total. The highest BCUT2D eigenvalue weighted by Gasteiger charge is 2.17. The molecule has 0 saturated carbocycles. The standard InChI is InChI=1S/C16H26N2O3/c1-11(2)8-13(9-12(3)4)17-15-7-6-14(18(19)20)10-16(15)21-5/h6-7,10-13,17H,8-9H2,1-5H3. The minimum Gasteiger partial charge on any atom is -0.494 e. The van der Waals surface area contributed by atoms with Gasteiger partial charge in [0.25, 0.3) is 5.69 Å². The van der Waals surface area contributed by atoms with Crippen molar-refractivity contribution < 1.29 is 9.66 Å². The normalized spacial score (nSPS) is 11.2. The molecule has 118 valence electrons. The zero-order chi connectivity index (χ0) is 16.0. The van der Waals surface area contributed by atoms with E-state index in [1.807, 2.05) is 0 Å². The number of nitro benzene ring substituents is 1. The summed E-state index contributed by atoms with van der Waals surface area (Å²) >= 11 is 0. The van der Waals surface area contributed by atoms with E-state index in [9.17, 15) is 10.1 Å². The Balaban J connectivity index is 2.94. The number of ether oxygens (including phenoxy) is 1. The Kier molecular flexibility index (Phi) is 6.46. The van der Waals surface area contributed by atoms with Crippen molar-refractivity contribution in [1.82, 2.24) is 0 Å². The van der Waals surface area contributed by atoms with Gasteiger partial charge in [-0.3, -0.25) is 10.1 Å². The van der Waals surface area contributed by atoms with Crippen molar-refractivity contribution in [1.29, 1.82) is 0 Å². The van der Waals surface area contributed by atoms with Gasteiger partial charge in [-0.15, -0.1) is 0 Å². The Bertz CT molecular complexity index is 463. The molecule has 0 heterocycles. The topological polar surface area (TPSA) is 64.4 Å². The number of anilines is 1. The van der Waals surface area contributed by atoms with Crippen LogP contribution >= 0.6 is 0 Å². The summed E-state index contributed by atoms with van der Waals surface area (Å²) in [7, 11) is 1.53. The van der Waals surface area contributed by atoms with E-state index in [1.165, 1.54) is 19.2 Å². The van der Waals surface area contributed by atoms with E-state index < -0.39 is 4.92 Å². The zero-order valence-corrected chi connectivity index (χ0v) is 13.6. The van der Waals surface area contributed by atoms with Gasteiger partial charge in [-0.2, -0.15) is 0 Å². The molecular formula is C16H26N2O3. The maximum absolute atomic E-state index is 10.8. The highest BCUT2D eigenvalue weighted by Crippen LogP contribution is 2.31. The minimum atomic E-state index is -0.411. The maximum Gasteiger partial charge on any atom is 0.273 e. The molecule has 0 spiro atoms. The van der Waals surface area contributed by atoms with Crippen LogP contribution in [0.2, 0.25) is 0 Å². The first-order valence-electron chi connectivity index (χ1n) is 7.42. The Morgan fingerprint density at radius 3 is 2.19 bits per heavy atom. The molecule has 5 heteroatoms. The lowest BCUT2D eigenvalue weighted by molar-refractivity contribution is -0.384. The van der Waals surface area contributed by atoms with Crippen LogP contribution in [-0.4, -0.2) is 18.1 Å². The number of rotatable bonds is 8. The van der Waals surface area contributed by atoms with Crippen molar-refractivity contribution in [3.63, 3.8) is 0 Å². The summed E-state index contributed by atoms with van der Waals surface area (Å²) in [6, 6.07) is 5.03. The molecule has 0 aromatic heterocycles. The van der Waals surface area contributed by atoms with Crippen LogP contribution in [-0.2, 0) is 0 Å². The summed E-state index contributed by atoms with van der Waals surface area (Å²) in [5.74, 6) is 1.69. The Morgan fingerprint density at radius 1 is 1.19 bits per heavy atom. The van der Waals surface area contributed by atoms with E-state index in [2.05, 4.69) is 33.0 Å². The molecule has 5 nitrogen and oxygen atoms in total. The van der Waals surface area contributed by atoms with Crippen LogP contribution in [0.25, 0.3) is 0 Å². The molecule has 0 aliphatic heterocycles. The van der Waals surface area contributed by atoms with Gasteiger partial charge in [0, 0.05) is 12.1 Å². The molecule has 0 radical (unpaired) electrons. The lowest BCUT2D eigenvalue weighted by Crippen LogP contribution is -2.23. The summed E-state index contributed by atoms with van der Waals surface area (Å²) < 4.78 is 5.28. The van der Waals surface area contributed by atoms with E-state index >= 15 is 0 Å². The van der Waals surface area contributed by atoms with Gasteiger partial charge in [-0.1, -0.05) is 27.7 Å². The Hall–Kier alpha value is -1.78. The Morgan fingerprint density at radius 2 is 1.76 bits per heavy atom. The molecule has 1 aromatic rings. The number of benzene rings is 1. The molecule has 0 aliphatic rings. The maximum atomic E-state index is 10.8. The summed E-state index contributed by atoms with van der Waals surface area (Å²) in [5, 5.41) is 14.3. The molecule has 21 heavy (non-hydrogen) atoms. The third-order valence-electron chi connectivity index (χ3n) is 3.27. The van der Waals surface area contributed by atoms with Crippen LogP contribution < -0.4 is 10.1 Å². The smallest absolute Gasteiger partial charge is 0.273 e. The van der Waals surface area contributed by atoms with Crippen LogP contribution in [0.5, 0.6) is 5.75 Å². The van der Waals surface area contributed by atoms with Gasteiger partial charge in [0.05, 0.1) is 23.8 Å². The largest absolute Gasteiger partial charge is 0.494 e. The summed E-state index contributed by atoms with van der Waals surface area (Å²) in [6.45, 7) is 8.79. The first-order valence-corrected chi connectivity index (χ1v) is 7.42. The van der Waals surface area contributed by atoms with Crippen LogP contribution in [0.1, 0.15) is 40.5 Å². The fraction of sp³-hybridized carbons (Fsp3) is 0.625. The van der Waals surface area contributed by atoms with Crippen molar-refractivity contribution >= 4 is 11.4 Å². The first-order chi connectivity index (χ1) is 9.83. The van der Waals surface area contributed by atoms with Crippen LogP contribution in [0, 0.1) is 22.0 Å². The minimum absolute atomic E-state index is 0.0432. The van der Waals surface area contributed by atoms with Crippen molar-refractivity contribution in [3.8, 4) is 5.75 Å². The van der Waals surface area contributed by atoms with E-state index in [0.717, 1.165) is 18.5 Å². The van der Waals surface area contributed by atoms with E-state index in [1.54, 1.807) is 6.07 Å². The summed E-state index contributed by atoms with van der Waals surface area (Å²) in [4.78, 5) is 10.4. The van der Waals surface area contributed by atoms with Crippen molar-refractivity contribution in [2.75, 3.05) is 12.4 Å². The third kappa shape index (κ3) is 5.61. The van der Waals surface area contributed by atoms with Gasteiger partial charge in [-0.25, -0.2) is 0 Å². The van der Waals surface area contributed by atoms with Gasteiger partial charge in [0.1, 0.15) is 5.75 Å². The van der Waals surface area contributed by atoms with Crippen LogP contribution in [0.3, 0.4) is 0 Å². The van der Waals surface area contributed by atoms with E-state index in [4.69, 9.17) is 4.74 Å². The number of nitrogens with zero attached hydrogens (tertiary/aromatic N) is 1. The van der Waals surface area contributed by atoms with Crippen molar-refractivity contribution in [2.24, 2.45) is 11.8 Å². The van der Waals surface area contributed by atoms with E-state index in [0.29, 0.717) is 23.6 Å². The predicted octanol–water partition coefficient (Wildman–Crippen LogP) is 4.48. The second-order valence-corrected chi connectivity index (χ2v) is 6.24. The monoisotopic (exact) mass is 294 g/mol. The molecule has 0 bridgehead atoms. The molecule has 1 aromatic carbocycles. The average molecular weight is 294 g/mol. The fourth-order valence-corrected chi connectivity index (χ4v) is 2.48. The molecule has 0 unspecified atom stereocenters. The van der Waals surface area contributed by atoms with Crippen molar-refractivity contribution in [2.45, 2.75) is 46.6 Å². The predicted molar refractivity (Wildman–Crippen MR) is 86.0 cm³/mol. The highest BCUT2D eigenvalue weighted by atomic mass is 16.6. The number of hydrogen-bond donors (Lipinski definition) is 1. The van der Waals surface area contributed by atoms with Gasteiger partial charge in [0.15, 0.2) is 0 Å². The molecule has 0 saturated heterocycles. The average Bonchev–Trinajstić information content (AvgIpc) is 2.37. The fourth-order valence-electron chi connectivity index (χ4n) is 2.48. The van der Waals surface area contributed by atoms with Gasteiger partial charge < -0.3 is 10.1 Å². The first kappa shape index (κ1) is 17.3. The van der Waals surface area contributed by atoms with Crippen LogP contribution in [0.15, 0.2) is 18.2 Å². The zero-order valence-electron chi connectivity index (χ0n) is 13.6. The van der Waals surface area contributed by atoms with Crippen LogP contribution in [0.4, 0.5) is 11.4 Å². The van der Waals surface area contributed by atoms with Gasteiger partial charge in [-0.05, 0) is 30.7 Å². The van der Waals surface area contributed by atoms with Gasteiger partial charge in [0.2, 0.25) is 0 Å². The number of methoxy groups -OCH3 is 1. The molecule has 0 atom stereocenters. The third-order valence-corrected chi connectivity index (χ3v) is 3.27. The SMILES string of the molecule is COc1cc([N+](=O)[O-])ccc1NC(CC(C)C)CC(C)C. The molecule has 0 amide bonds. The highest BCUT2D eigenvalue weighted by molar-refractivity contribution is 5.61. The lowest BCUT2D eigenvalue weighted by atomic mass is 9.95. The number of nitro groups is 1. The summed E-state index contributed by atoms with van der Waals surface area (Å²) in [6.07, 6.45) is 2.11. The van der Waals surface area contributed by atoms with Gasteiger partial charge >= 0.3 is 0 Å². The summed E-state index contributed by atoms with van der Waals surface area (Å²) in [5.41, 5.74) is 0.857. The Labute approximate surface area is 126 Å². The second kappa shape index (κ2) is 7.86. The second-order valence-electron chi connectivity index (χ2n) is 6.24. The lowest BCUT2D eigenvalue weighted by Gasteiger charge is -2.24.